The molecule has 1 N–H and O–H groups in total. The van der Waals surface area contributed by atoms with Gasteiger partial charge in [0.15, 0.2) is 0 Å². The van der Waals surface area contributed by atoms with E-state index < -0.39 is 17.5 Å². The number of aryl methyl sites for hydroxylation is 2. The molecule has 4 heteroatoms. The van der Waals surface area contributed by atoms with Gasteiger partial charge in [-0.15, -0.1) is 0 Å². The highest BCUT2D eigenvalue weighted by atomic mass is 16.4. The first kappa shape index (κ1) is 18.9. The fourth-order valence-corrected chi connectivity index (χ4v) is 3.37. The molecular weight excluding hydrogens is 340 g/mol. The molecule has 1 aromatic heterocycles. The summed E-state index contributed by atoms with van der Waals surface area (Å²) < 4.78 is 5.36. The number of carboxylic acid groups (broad SMARTS) is 1. The Morgan fingerprint density at radius 1 is 1.07 bits per heavy atom. The number of aliphatic carboxylic acids is 1. The first-order chi connectivity index (χ1) is 13.0. The second kappa shape index (κ2) is 8.67. The van der Waals surface area contributed by atoms with E-state index in [9.17, 15) is 14.7 Å². The van der Waals surface area contributed by atoms with Crippen LogP contribution in [-0.2, 0) is 17.6 Å². The molecule has 0 saturated heterocycles. The summed E-state index contributed by atoms with van der Waals surface area (Å²) in [5.41, 5.74) is 2.85. The predicted molar refractivity (Wildman–Crippen MR) is 106 cm³/mol. The van der Waals surface area contributed by atoms with Crippen LogP contribution in [0.25, 0.3) is 11.0 Å². The van der Waals surface area contributed by atoms with Crippen molar-refractivity contribution in [3.63, 3.8) is 0 Å². The van der Waals surface area contributed by atoms with Crippen LogP contribution in [-0.4, -0.2) is 11.1 Å². The van der Waals surface area contributed by atoms with Crippen molar-refractivity contribution in [1.82, 2.24) is 0 Å². The molecule has 3 aromatic rings. The smallest absolute Gasteiger partial charge is 0.339 e. The van der Waals surface area contributed by atoms with E-state index in [1.807, 2.05) is 37.3 Å². The van der Waals surface area contributed by atoms with E-state index >= 15 is 0 Å². The molecule has 0 bridgehead atoms. The van der Waals surface area contributed by atoms with Crippen LogP contribution >= 0.6 is 0 Å². The zero-order valence-corrected chi connectivity index (χ0v) is 15.5. The quantitative estimate of drug-likeness (QED) is 0.462. The topological polar surface area (TPSA) is 67.5 Å². The van der Waals surface area contributed by atoms with Crippen molar-refractivity contribution in [2.45, 2.75) is 39.0 Å². The van der Waals surface area contributed by atoms with Gasteiger partial charge in [-0.25, -0.2) is 4.79 Å². The molecule has 0 radical (unpaired) electrons. The highest BCUT2D eigenvalue weighted by molar-refractivity contribution is 5.78. The van der Waals surface area contributed by atoms with Crippen molar-refractivity contribution < 1.29 is 14.3 Å². The van der Waals surface area contributed by atoms with Gasteiger partial charge in [0, 0.05) is 10.9 Å². The van der Waals surface area contributed by atoms with Gasteiger partial charge < -0.3 is 9.52 Å². The van der Waals surface area contributed by atoms with Gasteiger partial charge in [-0.2, -0.15) is 0 Å². The number of benzene rings is 2. The summed E-state index contributed by atoms with van der Waals surface area (Å²) in [5.74, 6) is -1.44. The maximum Gasteiger partial charge on any atom is 0.339 e. The van der Waals surface area contributed by atoms with Crippen LogP contribution in [0.3, 0.4) is 0 Å². The van der Waals surface area contributed by atoms with Gasteiger partial charge in [0.2, 0.25) is 0 Å². The van der Waals surface area contributed by atoms with Gasteiger partial charge in [0.1, 0.15) is 5.58 Å². The maximum atomic E-state index is 12.2. The van der Waals surface area contributed by atoms with Crippen LogP contribution in [0, 0.1) is 12.8 Å². The molecule has 0 fully saturated rings. The fourth-order valence-electron chi connectivity index (χ4n) is 3.37. The lowest BCUT2D eigenvalue weighted by molar-refractivity contribution is -0.142. The number of hydrogen-bond acceptors (Lipinski definition) is 3. The van der Waals surface area contributed by atoms with Gasteiger partial charge in [0.25, 0.3) is 0 Å². The number of hydrogen-bond donors (Lipinski definition) is 1. The molecule has 0 saturated carbocycles. The Kier molecular flexibility index (Phi) is 6.07. The van der Waals surface area contributed by atoms with Crippen LogP contribution in [0.2, 0.25) is 0 Å². The van der Waals surface area contributed by atoms with Crippen molar-refractivity contribution in [3.05, 3.63) is 81.7 Å². The lowest BCUT2D eigenvalue weighted by atomic mass is 9.93. The van der Waals surface area contributed by atoms with Crippen molar-refractivity contribution in [2.24, 2.45) is 5.92 Å². The molecule has 4 nitrogen and oxygen atoms in total. The highest BCUT2D eigenvalue weighted by Gasteiger charge is 2.20. The monoisotopic (exact) mass is 364 g/mol. The van der Waals surface area contributed by atoms with Crippen LogP contribution in [0.5, 0.6) is 0 Å². The van der Waals surface area contributed by atoms with E-state index in [1.165, 1.54) is 5.56 Å². The number of rotatable bonds is 8. The van der Waals surface area contributed by atoms with Crippen molar-refractivity contribution >= 4 is 16.9 Å². The summed E-state index contributed by atoms with van der Waals surface area (Å²) in [5, 5.41) is 10.4. The molecule has 0 aliphatic carbocycles. The Morgan fingerprint density at radius 2 is 1.85 bits per heavy atom. The Morgan fingerprint density at radius 3 is 2.59 bits per heavy atom. The first-order valence-electron chi connectivity index (χ1n) is 9.33. The van der Waals surface area contributed by atoms with E-state index in [4.69, 9.17) is 4.42 Å². The Hall–Kier alpha value is -2.88. The lowest BCUT2D eigenvalue weighted by Crippen LogP contribution is -2.20. The van der Waals surface area contributed by atoms with E-state index in [1.54, 1.807) is 12.1 Å². The minimum Gasteiger partial charge on any atom is -0.481 e. The molecule has 0 aliphatic heterocycles. The minimum atomic E-state index is -0.863. The number of carbonyl (C=O) groups is 1. The second-order valence-corrected chi connectivity index (χ2v) is 7.07. The van der Waals surface area contributed by atoms with E-state index in [-0.39, 0.29) is 6.42 Å². The third kappa shape index (κ3) is 5.07. The Bertz CT molecular complexity index is 973. The average Bonchev–Trinajstić information content (AvgIpc) is 2.65. The molecule has 1 atom stereocenters. The van der Waals surface area contributed by atoms with Crippen molar-refractivity contribution in [2.75, 3.05) is 0 Å². The minimum absolute atomic E-state index is 0.201. The first-order valence-corrected chi connectivity index (χ1v) is 9.33. The molecule has 0 spiro atoms. The fraction of sp³-hybridized carbons (Fsp3) is 0.304. The van der Waals surface area contributed by atoms with Gasteiger partial charge in [-0.3, -0.25) is 4.79 Å². The molecular formula is C23H24O4. The molecule has 0 aliphatic rings. The molecule has 27 heavy (non-hydrogen) atoms. The number of fused-ring (bicyclic) bond motifs is 1. The number of carboxylic acids is 1. The van der Waals surface area contributed by atoms with E-state index in [0.717, 1.165) is 30.2 Å². The lowest BCUT2D eigenvalue weighted by Gasteiger charge is -2.12. The van der Waals surface area contributed by atoms with Crippen molar-refractivity contribution in [1.29, 1.82) is 0 Å². The van der Waals surface area contributed by atoms with Gasteiger partial charge in [-0.1, -0.05) is 48.4 Å². The van der Waals surface area contributed by atoms with E-state index in [2.05, 4.69) is 12.1 Å². The summed E-state index contributed by atoms with van der Waals surface area (Å²) in [4.78, 5) is 23.9. The van der Waals surface area contributed by atoms with Gasteiger partial charge in [-0.05, 0) is 56.4 Å². The zero-order valence-electron chi connectivity index (χ0n) is 15.5. The third-order valence-electron chi connectivity index (χ3n) is 4.89. The predicted octanol–water partition coefficient (Wildman–Crippen LogP) is 4.76. The Balaban J connectivity index is 1.65. The van der Waals surface area contributed by atoms with Crippen LogP contribution in [0.15, 0.2) is 63.8 Å². The normalized spacial score (nSPS) is 12.2. The summed E-state index contributed by atoms with van der Waals surface area (Å²) in [6, 6.07) is 17.5. The SMILES string of the molecule is Cc1ccc2oc(=O)c(CC(CCCCc3ccccc3)C(=O)O)cc2c1. The van der Waals surface area contributed by atoms with Crippen LogP contribution in [0.1, 0.15) is 36.0 Å². The average molecular weight is 364 g/mol. The largest absolute Gasteiger partial charge is 0.481 e. The van der Waals surface area contributed by atoms with Gasteiger partial charge >= 0.3 is 11.6 Å². The van der Waals surface area contributed by atoms with Crippen molar-refractivity contribution in [3.8, 4) is 0 Å². The molecule has 1 heterocycles. The van der Waals surface area contributed by atoms with Crippen LogP contribution in [0.4, 0.5) is 0 Å². The second-order valence-electron chi connectivity index (χ2n) is 7.07. The molecule has 3 rings (SSSR count). The standard InChI is InChI=1S/C23H24O4/c1-16-11-12-21-19(13-16)15-20(23(26)27-21)14-18(22(24)25)10-6-5-9-17-7-3-2-4-8-17/h2-4,7-8,11-13,15,18H,5-6,9-10,14H2,1H3,(H,24,25). The van der Waals surface area contributed by atoms with E-state index in [0.29, 0.717) is 17.6 Å². The Labute approximate surface area is 158 Å². The molecule has 0 amide bonds. The molecule has 2 aromatic carbocycles. The van der Waals surface area contributed by atoms with Gasteiger partial charge in [0.05, 0.1) is 5.92 Å². The molecule has 140 valence electrons. The summed E-state index contributed by atoms with van der Waals surface area (Å²) in [6.07, 6.45) is 3.42. The van der Waals surface area contributed by atoms with Crippen LogP contribution < -0.4 is 5.63 Å². The molecule has 1 unspecified atom stereocenters. The summed E-state index contributed by atoms with van der Waals surface area (Å²) >= 11 is 0. The zero-order chi connectivity index (χ0) is 19.2. The summed E-state index contributed by atoms with van der Waals surface area (Å²) in [6.45, 7) is 1.97. The number of unbranched alkanes of at least 4 members (excludes halogenated alkanes) is 1. The third-order valence-corrected chi connectivity index (χ3v) is 4.89. The highest BCUT2D eigenvalue weighted by Crippen LogP contribution is 2.20. The maximum absolute atomic E-state index is 12.2. The summed E-state index contributed by atoms with van der Waals surface area (Å²) in [7, 11) is 0.